The normalized spacial score (nSPS) is 14.6. The summed E-state index contributed by atoms with van der Waals surface area (Å²) >= 11 is 0. The maximum atomic E-state index is 13.9. The van der Waals surface area contributed by atoms with Crippen LogP contribution in [0.2, 0.25) is 0 Å². The molecule has 8 rings (SSSR count). The number of hydroxylamine groups is 2. The minimum Gasteiger partial charge on any atom is -0.457 e. The van der Waals surface area contributed by atoms with Gasteiger partial charge in [-0.2, -0.15) is 0 Å². The highest BCUT2D eigenvalue weighted by Crippen LogP contribution is 2.44. The zero-order valence-corrected chi connectivity index (χ0v) is 40.5. The molecule has 0 radical (unpaired) electrons. The van der Waals surface area contributed by atoms with Crippen LogP contribution in [-0.2, 0) is 33.3 Å². The van der Waals surface area contributed by atoms with Crippen LogP contribution in [0.4, 0.5) is 5.69 Å². The molecular weight excluding hydrogens is 877 g/mol. The molecule has 0 unspecified atom stereocenters. The Hall–Kier alpha value is -6.47. The fraction of sp³-hybridized carbons (Fsp3) is 0.321. The van der Waals surface area contributed by atoms with Gasteiger partial charge in [0.1, 0.15) is 41.1 Å². The lowest BCUT2D eigenvalue weighted by Crippen LogP contribution is -2.57. The summed E-state index contributed by atoms with van der Waals surface area (Å²) in [5, 5.41) is 11.9. The van der Waals surface area contributed by atoms with Crippen LogP contribution in [0.5, 0.6) is 34.5 Å². The Bertz CT molecular complexity index is 2850. The monoisotopic (exact) mass is 936 g/mol. The highest BCUT2D eigenvalue weighted by Gasteiger charge is 2.47. The standard InChI is InChI=1S/C56H60N2O9S/c1-7-56(8-2,42-12-10-9-11-13-42)58-54(61)51-33-30-48(34-39(51)37-64-58)66-44-22-15-40(16-23-44)55(3,4)41-17-24-45(25-18-41)67-49-21-14-38(36-59)52(35-49)53(60)57(5)43-19-26-46(27-20-43)65-47-28-31-50(32-29-47)68(6,62)63/h14-35,42,59H,7-13,36-37H2,1-6H3. The van der Waals surface area contributed by atoms with E-state index < -0.39 is 9.84 Å². The van der Waals surface area contributed by atoms with Crippen molar-refractivity contribution >= 4 is 27.3 Å². The van der Waals surface area contributed by atoms with Gasteiger partial charge in [0.25, 0.3) is 11.8 Å². The maximum Gasteiger partial charge on any atom is 0.278 e. The Morgan fingerprint density at radius 1 is 0.706 bits per heavy atom. The summed E-state index contributed by atoms with van der Waals surface area (Å²) in [6, 6.07) is 39.7. The SMILES string of the molecule is CCC(CC)(C1CCCCC1)N1OCc2cc(Oc3ccc(C(C)(C)c4ccc(Oc5ccc(CO)c(C(=O)N(C)c6ccc(Oc7ccc(S(C)(=O)=O)cc7)cc6)c5)cc4)cc3)ccc2C1=O. The number of hydrogen-bond acceptors (Lipinski definition) is 9. The molecule has 1 fully saturated rings. The second-order valence-electron chi connectivity index (χ2n) is 18.4. The second kappa shape index (κ2) is 20.0. The largest absolute Gasteiger partial charge is 0.457 e. The molecule has 1 N–H and O–H groups in total. The van der Waals surface area contributed by atoms with Crippen LogP contribution < -0.4 is 19.1 Å². The third-order valence-corrected chi connectivity index (χ3v) is 15.1. The van der Waals surface area contributed by atoms with Crippen LogP contribution in [0.3, 0.4) is 0 Å². The van der Waals surface area contributed by atoms with E-state index in [-0.39, 0.29) is 34.3 Å². The van der Waals surface area contributed by atoms with Gasteiger partial charge in [0.2, 0.25) is 0 Å². The van der Waals surface area contributed by atoms with E-state index >= 15 is 0 Å². The van der Waals surface area contributed by atoms with E-state index in [0.717, 1.165) is 48.6 Å². The van der Waals surface area contributed by atoms with Gasteiger partial charge >= 0.3 is 0 Å². The van der Waals surface area contributed by atoms with Gasteiger partial charge in [-0.15, -0.1) is 0 Å². The second-order valence-corrected chi connectivity index (χ2v) is 20.4. The first-order valence-corrected chi connectivity index (χ1v) is 25.3. The van der Waals surface area contributed by atoms with Crippen LogP contribution in [0.1, 0.15) is 116 Å². The third-order valence-electron chi connectivity index (χ3n) is 14.0. The number of aliphatic hydroxyl groups is 1. The first kappa shape index (κ1) is 48.0. The summed E-state index contributed by atoms with van der Waals surface area (Å²) < 4.78 is 42.0. The quantitative estimate of drug-likeness (QED) is 0.101. The summed E-state index contributed by atoms with van der Waals surface area (Å²) in [5.74, 6) is 3.38. The molecular formula is C56H60N2O9S. The van der Waals surface area contributed by atoms with Crippen molar-refractivity contribution < 1.29 is 42.2 Å². The minimum absolute atomic E-state index is 0.0618. The molecule has 1 aliphatic carbocycles. The molecule has 0 spiro atoms. The lowest BCUT2D eigenvalue weighted by molar-refractivity contribution is -0.219. The zero-order chi connectivity index (χ0) is 48.2. The van der Waals surface area contributed by atoms with Gasteiger partial charge in [-0.25, -0.2) is 13.5 Å². The molecule has 1 aliphatic heterocycles. The molecule has 0 saturated heterocycles. The van der Waals surface area contributed by atoms with Gasteiger partial charge in [0.15, 0.2) is 9.84 Å². The van der Waals surface area contributed by atoms with Gasteiger partial charge in [0, 0.05) is 35.5 Å². The number of sulfone groups is 1. The van der Waals surface area contributed by atoms with Crippen molar-refractivity contribution in [3.8, 4) is 34.5 Å². The predicted octanol–water partition coefficient (Wildman–Crippen LogP) is 12.6. The number of anilines is 1. The highest BCUT2D eigenvalue weighted by molar-refractivity contribution is 7.90. The number of carbonyl (C=O) groups excluding carboxylic acids is 2. The molecule has 0 aromatic heterocycles. The van der Waals surface area contributed by atoms with E-state index in [4.69, 9.17) is 19.0 Å². The molecule has 68 heavy (non-hydrogen) atoms. The minimum atomic E-state index is -3.32. The molecule has 11 nitrogen and oxygen atoms in total. The Balaban J connectivity index is 0.889. The third kappa shape index (κ3) is 10.0. The van der Waals surface area contributed by atoms with Gasteiger partial charge in [-0.1, -0.05) is 77.3 Å². The van der Waals surface area contributed by atoms with Crippen molar-refractivity contribution in [1.29, 1.82) is 0 Å². The van der Waals surface area contributed by atoms with Gasteiger partial charge in [-0.05, 0) is 157 Å². The fourth-order valence-corrected chi connectivity index (χ4v) is 10.3. The molecule has 6 aromatic carbocycles. The highest BCUT2D eigenvalue weighted by atomic mass is 32.2. The fourth-order valence-electron chi connectivity index (χ4n) is 9.72. The molecule has 1 saturated carbocycles. The summed E-state index contributed by atoms with van der Waals surface area (Å²) in [5.41, 5.74) is 4.36. The Kier molecular flexibility index (Phi) is 14.1. The van der Waals surface area contributed by atoms with E-state index in [1.54, 1.807) is 66.7 Å². The zero-order valence-electron chi connectivity index (χ0n) is 39.7. The van der Waals surface area contributed by atoms with Crippen molar-refractivity contribution in [1.82, 2.24) is 5.06 Å². The lowest BCUT2D eigenvalue weighted by Gasteiger charge is -2.49. The van der Waals surface area contributed by atoms with Crippen molar-refractivity contribution in [3.05, 3.63) is 167 Å². The number of fused-ring (bicyclic) bond motifs is 1. The van der Waals surface area contributed by atoms with E-state index in [1.807, 2.05) is 54.6 Å². The van der Waals surface area contributed by atoms with E-state index in [9.17, 15) is 23.1 Å². The number of amides is 2. The Morgan fingerprint density at radius 3 is 1.72 bits per heavy atom. The summed E-state index contributed by atoms with van der Waals surface area (Å²) in [6.45, 7) is 8.67. The Morgan fingerprint density at radius 2 is 1.19 bits per heavy atom. The predicted molar refractivity (Wildman–Crippen MR) is 264 cm³/mol. The lowest BCUT2D eigenvalue weighted by atomic mass is 9.71. The van der Waals surface area contributed by atoms with E-state index in [0.29, 0.717) is 69.4 Å². The number of nitrogens with zero attached hydrogens (tertiary/aromatic N) is 2. The van der Waals surface area contributed by atoms with Crippen LogP contribution in [0.15, 0.2) is 138 Å². The van der Waals surface area contributed by atoms with Crippen LogP contribution in [0.25, 0.3) is 0 Å². The summed E-state index contributed by atoms with van der Waals surface area (Å²) in [4.78, 5) is 35.8. The maximum absolute atomic E-state index is 13.9. The van der Waals surface area contributed by atoms with Crippen LogP contribution in [0, 0.1) is 5.92 Å². The van der Waals surface area contributed by atoms with Gasteiger partial charge < -0.3 is 24.2 Å². The molecule has 6 aromatic rings. The average Bonchev–Trinajstić information content (AvgIpc) is 3.35. The molecule has 12 heteroatoms. The number of rotatable bonds is 16. The molecule has 2 aliphatic rings. The first-order chi connectivity index (χ1) is 32.6. The number of benzene rings is 6. The number of hydrogen-bond donors (Lipinski definition) is 1. The van der Waals surface area contributed by atoms with Crippen LogP contribution in [-0.4, -0.2) is 49.2 Å². The van der Waals surface area contributed by atoms with E-state index in [2.05, 4.69) is 39.8 Å². The van der Waals surface area contributed by atoms with Crippen molar-refractivity contribution in [2.24, 2.45) is 5.92 Å². The molecule has 2 amide bonds. The number of carbonyl (C=O) groups is 2. The van der Waals surface area contributed by atoms with Crippen molar-refractivity contribution in [3.63, 3.8) is 0 Å². The smallest absolute Gasteiger partial charge is 0.278 e. The molecule has 0 bridgehead atoms. The summed E-state index contributed by atoms with van der Waals surface area (Å²) in [6.07, 6.45) is 8.83. The molecule has 0 atom stereocenters. The topological polar surface area (TPSA) is 132 Å². The summed E-state index contributed by atoms with van der Waals surface area (Å²) in [7, 11) is -1.67. The molecule has 1 heterocycles. The van der Waals surface area contributed by atoms with Gasteiger partial charge in [0.05, 0.1) is 17.0 Å². The average molecular weight is 937 g/mol. The molecule has 354 valence electrons. The Labute approximate surface area is 400 Å². The van der Waals surface area contributed by atoms with Crippen molar-refractivity contribution in [2.45, 2.75) is 102 Å². The number of aliphatic hydroxyl groups excluding tert-OH is 1. The van der Waals surface area contributed by atoms with Crippen molar-refractivity contribution in [2.75, 3.05) is 18.2 Å². The van der Waals surface area contributed by atoms with Gasteiger partial charge in [-0.3, -0.25) is 14.4 Å². The first-order valence-electron chi connectivity index (χ1n) is 23.4. The van der Waals surface area contributed by atoms with E-state index in [1.165, 1.54) is 36.3 Å². The van der Waals surface area contributed by atoms with Crippen LogP contribution >= 0.6 is 0 Å². The number of ether oxygens (including phenoxy) is 3.